The van der Waals surface area contributed by atoms with Gasteiger partial charge in [-0.1, -0.05) is 22.0 Å². The average Bonchev–Trinajstić information content (AvgIpc) is 2.75. The molecule has 0 fully saturated rings. The molecule has 0 aliphatic heterocycles. The number of halogens is 1. The number of nitrogen functional groups attached to an aromatic ring is 1. The summed E-state index contributed by atoms with van der Waals surface area (Å²) in [5.41, 5.74) is 9.92. The van der Waals surface area contributed by atoms with Crippen molar-refractivity contribution in [2.24, 2.45) is 0 Å². The summed E-state index contributed by atoms with van der Waals surface area (Å²) >= 11 is 3.45. The van der Waals surface area contributed by atoms with Gasteiger partial charge in [-0.05, 0) is 42.8 Å². The fraction of sp³-hybridized carbons (Fsp3) is 0.0714. The molecule has 0 atom stereocenters. The summed E-state index contributed by atoms with van der Waals surface area (Å²) in [6.07, 6.45) is 0. The number of aromatic nitrogens is 1. The lowest BCUT2D eigenvalue weighted by atomic mass is 10.2. The standard InChI is InChI=1S/C14H12BrN3O/c1-8-2-3-9(15)6-11(8)17-14-18-12-7-10(16)4-5-13(12)19-14/h2-7H,16H2,1H3,(H,17,18). The Hall–Kier alpha value is -2.01. The number of benzene rings is 2. The van der Waals surface area contributed by atoms with Crippen molar-refractivity contribution in [2.75, 3.05) is 11.1 Å². The van der Waals surface area contributed by atoms with Crippen molar-refractivity contribution in [1.82, 2.24) is 4.98 Å². The van der Waals surface area contributed by atoms with E-state index in [1.54, 1.807) is 12.1 Å². The van der Waals surface area contributed by atoms with Crippen molar-refractivity contribution < 1.29 is 4.42 Å². The van der Waals surface area contributed by atoms with E-state index in [0.29, 0.717) is 17.3 Å². The molecular formula is C14H12BrN3O. The molecule has 0 bridgehead atoms. The van der Waals surface area contributed by atoms with E-state index in [1.165, 1.54) is 0 Å². The highest BCUT2D eigenvalue weighted by Gasteiger charge is 2.07. The van der Waals surface area contributed by atoms with Crippen molar-refractivity contribution in [3.05, 3.63) is 46.4 Å². The van der Waals surface area contributed by atoms with Gasteiger partial charge in [0.1, 0.15) is 5.52 Å². The minimum atomic E-state index is 0.460. The zero-order valence-electron chi connectivity index (χ0n) is 10.3. The first-order valence-electron chi connectivity index (χ1n) is 5.81. The van der Waals surface area contributed by atoms with Gasteiger partial charge in [-0.2, -0.15) is 4.98 Å². The summed E-state index contributed by atoms with van der Waals surface area (Å²) in [6, 6.07) is 11.9. The predicted octanol–water partition coefficient (Wildman–Crippen LogP) is 4.22. The van der Waals surface area contributed by atoms with Crippen LogP contribution in [-0.2, 0) is 0 Å². The van der Waals surface area contributed by atoms with Gasteiger partial charge < -0.3 is 15.5 Å². The third-order valence-corrected chi connectivity index (χ3v) is 3.35. The van der Waals surface area contributed by atoms with Gasteiger partial charge in [-0.25, -0.2) is 0 Å². The summed E-state index contributed by atoms with van der Waals surface area (Å²) in [4.78, 5) is 4.37. The molecule has 0 spiro atoms. The second-order valence-electron chi connectivity index (χ2n) is 4.33. The maximum atomic E-state index is 5.72. The molecule has 0 radical (unpaired) electrons. The molecule has 3 aromatic rings. The molecule has 96 valence electrons. The monoisotopic (exact) mass is 317 g/mol. The third kappa shape index (κ3) is 2.42. The molecule has 0 saturated heterocycles. The first kappa shape index (κ1) is 12.0. The smallest absolute Gasteiger partial charge is 0.300 e. The van der Waals surface area contributed by atoms with E-state index in [0.717, 1.165) is 21.2 Å². The summed E-state index contributed by atoms with van der Waals surface area (Å²) in [5.74, 6) is 0. The lowest BCUT2D eigenvalue weighted by Gasteiger charge is -2.05. The summed E-state index contributed by atoms with van der Waals surface area (Å²) < 4.78 is 6.63. The minimum absolute atomic E-state index is 0.460. The number of oxazole rings is 1. The molecule has 1 aromatic heterocycles. The Morgan fingerprint density at radius 3 is 2.89 bits per heavy atom. The number of nitrogens with two attached hydrogens (primary N) is 1. The van der Waals surface area contributed by atoms with Crippen LogP contribution in [0.15, 0.2) is 45.3 Å². The van der Waals surface area contributed by atoms with Gasteiger partial charge in [0.25, 0.3) is 6.01 Å². The molecule has 4 nitrogen and oxygen atoms in total. The molecule has 0 unspecified atom stereocenters. The van der Waals surface area contributed by atoms with Crippen LogP contribution in [0.4, 0.5) is 17.4 Å². The number of fused-ring (bicyclic) bond motifs is 1. The van der Waals surface area contributed by atoms with Crippen LogP contribution in [0.25, 0.3) is 11.1 Å². The van der Waals surface area contributed by atoms with E-state index >= 15 is 0 Å². The Morgan fingerprint density at radius 1 is 1.21 bits per heavy atom. The van der Waals surface area contributed by atoms with Crippen LogP contribution in [0.5, 0.6) is 0 Å². The highest BCUT2D eigenvalue weighted by atomic mass is 79.9. The Bertz CT molecular complexity index is 752. The topological polar surface area (TPSA) is 64.1 Å². The van der Waals surface area contributed by atoms with E-state index in [9.17, 15) is 0 Å². The van der Waals surface area contributed by atoms with Gasteiger partial charge in [-0.15, -0.1) is 0 Å². The SMILES string of the molecule is Cc1ccc(Br)cc1Nc1nc2cc(N)ccc2o1. The normalized spacial score (nSPS) is 10.8. The number of hydrogen-bond donors (Lipinski definition) is 2. The molecule has 2 aromatic carbocycles. The second-order valence-corrected chi connectivity index (χ2v) is 5.25. The number of rotatable bonds is 2. The Labute approximate surface area is 118 Å². The molecule has 19 heavy (non-hydrogen) atoms. The lowest BCUT2D eigenvalue weighted by molar-refractivity contribution is 0.623. The maximum absolute atomic E-state index is 5.72. The van der Waals surface area contributed by atoms with Crippen molar-refractivity contribution in [3.8, 4) is 0 Å². The van der Waals surface area contributed by atoms with Gasteiger partial charge in [0.2, 0.25) is 0 Å². The first-order valence-corrected chi connectivity index (χ1v) is 6.60. The Kier molecular flexibility index (Phi) is 2.91. The fourth-order valence-electron chi connectivity index (χ4n) is 1.84. The predicted molar refractivity (Wildman–Crippen MR) is 80.6 cm³/mol. The van der Waals surface area contributed by atoms with E-state index in [2.05, 4.69) is 26.2 Å². The van der Waals surface area contributed by atoms with Gasteiger partial charge >= 0.3 is 0 Å². The van der Waals surface area contributed by atoms with E-state index < -0.39 is 0 Å². The number of nitrogens with zero attached hydrogens (tertiary/aromatic N) is 1. The summed E-state index contributed by atoms with van der Waals surface area (Å²) in [5, 5.41) is 3.17. The van der Waals surface area contributed by atoms with E-state index in [-0.39, 0.29) is 0 Å². The number of nitrogens with one attached hydrogen (secondary N) is 1. The van der Waals surface area contributed by atoms with Crippen LogP contribution < -0.4 is 11.1 Å². The van der Waals surface area contributed by atoms with Crippen molar-refractivity contribution in [2.45, 2.75) is 6.92 Å². The highest BCUT2D eigenvalue weighted by molar-refractivity contribution is 9.10. The van der Waals surface area contributed by atoms with Gasteiger partial charge in [0.05, 0.1) is 0 Å². The van der Waals surface area contributed by atoms with Crippen molar-refractivity contribution >= 4 is 44.4 Å². The molecule has 0 aliphatic carbocycles. The quantitative estimate of drug-likeness (QED) is 0.694. The molecule has 0 aliphatic rings. The molecule has 1 heterocycles. The molecular weight excluding hydrogens is 306 g/mol. The van der Waals surface area contributed by atoms with E-state index in [1.807, 2.05) is 31.2 Å². The minimum Gasteiger partial charge on any atom is -0.423 e. The summed E-state index contributed by atoms with van der Waals surface area (Å²) in [7, 11) is 0. The lowest BCUT2D eigenvalue weighted by Crippen LogP contribution is -1.92. The molecule has 0 amide bonds. The highest BCUT2D eigenvalue weighted by Crippen LogP contribution is 2.27. The van der Waals surface area contributed by atoms with Gasteiger partial charge in [-0.3, -0.25) is 0 Å². The van der Waals surface area contributed by atoms with Crippen LogP contribution in [0.1, 0.15) is 5.56 Å². The van der Waals surface area contributed by atoms with Gasteiger partial charge in [0, 0.05) is 15.8 Å². The number of anilines is 3. The van der Waals surface area contributed by atoms with Crippen LogP contribution >= 0.6 is 15.9 Å². The van der Waals surface area contributed by atoms with Crippen LogP contribution in [0.3, 0.4) is 0 Å². The molecule has 3 N–H and O–H groups in total. The average molecular weight is 318 g/mol. The zero-order chi connectivity index (χ0) is 13.4. The zero-order valence-corrected chi connectivity index (χ0v) is 11.9. The van der Waals surface area contributed by atoms with Crippen LogP contribution in [0.2, 0.25) is 0 Å². The molecule has 5 heteroatoms. The fourth-order valence-corrected chi connectivity index (χ4v) is 2.20. The third-order valence-electron chi connectivity index (χ3n) is 2.85. The summed E-state index contributed by atoms with van der Waals surface area (Å²) in [6.45, 7) is 2.02. The van der Waals surface area contributed by atoms with Crippen LogP contribution in [-0.4, -0.2) is 4.98 Å². The largest absolute Gasteiger partial charge is 0.423 e. The number of hydrogen-bond acceptors (Lipinski definition) is 4. The maximum Gasteiger partial charge on any atom is 0.300 e. The number of aryl methyl sites for hydroxylation is 1. The van der Waals surface area contributed by atoms with Crippen molar-refractivity contribution in [1.29, 1.82) is 0 Å². The molecule has 0 saturated carbocycles. The second kappa shape index (κ2) is 4.59. The van der Waals surface area contributed by atoms with E-state index in [4.69, 9.17) is 10.2 Å². The van der Waals surface area contributed by atoms with Crippen LogP contribution in [0, 0.1) is 6.92 Å². The van der Waals surface area contributed by atoms with Crippen molar-refractivity contribution in [3.63, 3.8) is 0 Å². The Balaban J connectivity index is 1.98. The first-order chi connectivity index (χ1) is 9.11. The van der Waals surface area contributed by atoms with Gasteiger partial charge in [0.15, 0.2) is 5.58 Å². The Morgan fingerprint density at radius 2 is 2.05 bits per heavy atom. The molecule has 3 rings (SSSR count).